The fourth-order valence-corrected chi connectivity index (χ4v) is 8.73. The van der Waals surface area contributed by atoms with E-state index in [-0.39, 0.29) is 28.9 Å². The summed E-state index contributed by atoms with van der Waals surface area (Å²) in [5.74, 6) is 0.164. The number of amides is 3. The Bertz CT molecular complexity index is 1610. The van der Waals surface area contributed by atoms with Gasteiger partial charge in [0.25, 0.3) is 0 Å². The van der Waals surface area contributed by atoms with Crippen LogP contribution in [0.15, 0.2) is 59.6 Å². The zero-order chi connectivity index (χ0) is 32.4. The van der Waals surface area contributed by atoms with Gasteiger partial charge in [-0.1, -0.05) is 36.4 Å². The molecule has 2 aromatic carbocycles. The van der Waals surface area contributed by atoms with Crippen LogP contribution in [0, 0.1) is 0 Å². The largest absolute Gasteiger partial charge is 0.465 e. The molecular formula is C32H41N5O6S2. The van der Waals surface area contributed by atoms with E-state index in [1.165, 1.54) is 17.4 Å². The highest BCUT2D eigenvalue weighted by molar-refractivity contribution is 7.89. The smallest absolute Gasteiger partial charge is 0.407 e. The van der Waals surface area contributed by atoms with Gasteiger partial charge in [0.2, 0.25) is 10.0 Å². The summed E-state index contributed by atoms with van der Waals surface area (Å²) < 4.78 is 35.3. The van der Waals surface area contributed by atoms with E-state index in [0.717, 1.165) is 36.3 Å². The maximum absolute atomic E-state index is 13.7. The highest BCUT2D eigenvalue weighted by atomic mass is 32.2. The van der Waals surface area contributed by atoms with Gasteiger partial charge in [-0.15, -0.1) is 11.3 Å². The lowest BCUT2D eigenvalue weighted by atomic mass is 9.85. The number of thiazole rings is 1. The van der Waals surface area contributed by atoms with Gasteiger partial charge in [-0.2, -0.15) is 0 Å². The predicted octanol–water partition coefficient (Wildman–Crippen LogP) is 6.17. The quantitative estimate of drug-likeness (QED) is 0.215. The molecule has 1 aliphatic carbocycles. The SMILES string of the molecule is C[C@@H](NC(=O)Nc1ccc(-c2cnc(C3CCC(N(C(=O)O)C4COC4)CC3)s2)c(S(=O)(=O)NC(C)(C)C)c1)c1ccccc1. The summed E-state index contributed by atoms with van der Waals surface area (Å²) in [6.07, 6.45) is 3.87. The van der Waals surface area contributed by atoms with E-state index in [1.54, 1.807) is 44.0 Å². The molecule has 11 nitrogen and oxygen atoms in total. The number of urea groups is 1. The summed E-state index contributed by atoms with van der Waals surface area (Å²) in [6, 6.07) is 13.6. The third-order valence-corrected chi connectivity index (χ3v) is 11.1. The monoisotopic (exact) mass is 655 g/mol. The number of carboxylic acid groups (broad SMARTS) is 1. The molecule has 0 radical (unpaired) electrons. The molecule has 3 amide bonds. The molecule has 0 bridgehead atoms. The van der Waals surface area contributed by atoms with Crippen molar-refractivity contribution in [1.29, 1.82) is 0 Å². The minimum absolute atomic E-state index is 0.0415. The predicted molar refractivity (Wildman–Crippen MR) is 174 cm³/mol. The highest BCUT2D eigenvalue weighted by Crippen LogP contribution is 2.41. The number of aromatic nitrogens is 1. The van der Waals surface area contributed by atoms with Gasteiger partial charge in [0.1, 0.15) is 0 Å². The van der Waals surface area contributed by atoms with Crippen LogP contribution in [0.1, 0.15) is 75.9 Å². The molecule has 2 fully saturated rings. The van der Waals surface area contributed by atoms with Crippen molar-refractivity contribution in [1.82, 2.24) is 19.9 Å². The molecule has 45 heavy (non-hydrogen) atoms. The summed E-state index contributed by atoms with van der Waals surface area (Å²) in [5, 5.41) is 16.3. The van der Waals surface area contributed by atoms with Crippen molar-refractivity contribution in [2.75, 3.05) is 18.5 Å². The molecule has 1 atom stereocenters. The summed E-state index contributed by atoms with van der Waals surface area (Å²) in [7, 11) is -3.98. The van der Waals surface area contributed by atoms with Crippen molar-refractivity contribution in [2.45, 2.75) is 87.9 Å². The molecule has 2 heterocycles. The maximum Gasteiger partial charge on any atom is 0.407 e. The number of rotatable bonds is 9. The number of nitrogens with one attached hydrogen (secondary N) is 3. The lowest BCUT2D eigenvalue weighted by molar-refractivity contribution is -0.0728. The molecule has 13 heteroatoms. The summed E-state index contributed by atoms with van der Waals surface area (Å²) in [6.45, 7) is 8.09. The second-order valence-corrected chi connectivity index (χ2v) is 15.5. The van der Waals surface area contributed by atoms with Crippen LogP contribution in [-0.4, -0.2) is 66.4 Å². The lowest BCUT2D eigenvalue weighted by Crippen LogP contribution is -2.56. The second kappa shape index (κ2) is 13.5. The molecule has 0 spiro atoms. The van der Waals surface area contributed by atoms with Crippen molar-refractivity contribution in [3.63, 3.8) is 0 Å². The van der Waals surface area contributed by atoms with E-state index in [4.69, 9.17) is 4.74 Å². The Hall–Kier alpha value is -3.52. The minimum Gasteiger partial charge on any atom is -0.465 e. The topological polar surface area (TPSA) is 150 Å². The Morgan fingerprint density at radius 1 is 1.04 bits per heavy atom. The van der Waals surface area contributed by atoms with Crippen LogP contribution < -0.4 is 15.4 Å². The van der Waals surface area contributed by atoms with E-state index >= 15 is 0 Å². The van der Waals surface area contributed by atoms with Gasteiger partial charge in [-0.05, 0) is 71.1 Å². The first-order chi connectivity index (χ1) is 21.3. The van der Waals surface area contributed by atoms with Gasteiger partial charge in [-0.25, -0.2) is 27.7 Å². The number of ether oxygens (including phenoxy) is 1. The van der Waals surface area contributed by atoms with Crippen LogP contribution in [0.25, 0.3) is 10.4 Å². The molecule has 1 saturated carbocycles. The van der Waals surface area contributed by atoms with Crippen molar-refractivity contribution in [2.24, 2.45) is 0 Å². The van der Waals surface area contributed by atoms with Crippen LogP contribution in [0.3, 0.4) is 0 Å². The number of nitrogens with zero attached hydrogens (tertiary/aromatic N) is 2. The third kappa shape index (κ3) is 8.01. The van der Waals surface area contributed by atoms with E-state index in [0.29, 0.717) is 29.3 Å². The number of hydrogen-bond donors (Lipinski definition) is 4. The Balaban J connectivity index is 1.34. The average molecular weight is 656 g/mol. The van der Waals surface area contributed by atoms with Gasteiger partial charge < -0.3 is 20.5 Å². The van der Waals surface area contributed by atoms with Crippen molar-refractivity contribution in [3.05, 3.63) is 65.3 Å². The molecule has 1 aliphatic heterocycles. The van der Waals surface area contributed by atoms with Crippen LogP contribution in [0.4, 0.5) is 15.3 Å². The van der Waals surface area contributed by atoms with Crippen LogP contribution in [0.2, 0.25) is 0 Å². The first-order valence-corrected chi connectivity index (χ1v) is 17.5. The third-order valence-electron chi connectivity index (χ3n) is 8.08. The van der Waals surface area contributed by atoms with Gasteiger partial charge in [-0.3, -0.25) is 4.90 Å². The highest BCUT2D eigenvalue weighted by Gasteiger charge is 2.38. The Labute approximate surface area is 268 Å². The van der Waals surface area contributed by atoms with Gasteiger partial charge in [0.15, 0.2) is 0 Å². The van der Waals surface area contributed by atoms with Crippen LogP contribution in [0.5, 0.6) is 0 Å². The van der Waals surface area contributed by atoms with Gasteiger partial charge in [0, 0.05) is 34.9 Å². The zero-order valence-corrected chi connectivity index (χ0v) is 27.6. The molecule has 3 aromatic rings. The Kier molecular flexibility index (Phi) is 9.83. The molecule has 1 aromatic heterocycles. The Morgan fingerprint density at radius 2 is 1.73 bits per heavy atom. The van der Waals surface area contributed by atoms with Gasteiger partial charge >= 0.3 is 12.1 Å². The van der Waals surface area contributed by atoms with E-state index < -0.39 is 27.7 Å². The molecule has 0 unspecified atom stereocenters. The second-order valence-electron chi connectivity index (χ2n) is 12.7. The van der Waals surface area contributed by atoms with Gasteiger partial charge in [0.05, 0.1) is 40.1 Å². The summed E-state index contributed by atoms with van der Waals surface area (Å²) >= 11 is 1.45. The standard InChI is InChI=1S/C32H41N5O6S2/c1-20(21-8-6-5-7-9-21)34-30(38)35-23-12-15-26(28(16-23)45(41,42)36-32(2,3)4)27-17-33-29(44-27)22-10-13-24(14-11-22)37(31(39)40)25-18-43-19-25/h5-9,12,15-17,20,22,24-25,36H,10-11,13-14,18-19H2,1-4H3,(H,39,40)(H2,34,35,38)/t20-,22?,24?/m1/s1. The van der Waals surface area contributed by atoms with E-state index in [9.17, 15) is 23.1 Å². The molecule has 5 rings (SSSR count). The maximum atomic E-state index is 13.7. The number of hydrogen-bond acceptors (Lipinski definition) is 7. The number of benzene rings is 2. The minimum atomic E-state index is -3.98. The van der Waals surface area contributed by atoms with Crippen molar-refractivity contribution < 1.29 is 27.9 Å². The van der Waals surface area contributed by atoms with Crippen molar-refractivity contribution in [3.8, 4) is 10.4 Å². The first kappa shape index (κ1) is 32.9. The normalized spacial score (nSPS) is 19.7. The number of carbonyl (C=O) groups is 2. The number of carbonyl (C=O) groups excluding carboxylic acids is 1. The molecule has 2 aliphatic rings. The Morgan fingerprint density at radius 3 is 2.33 bits per heavy atom. The zero-order valence-electron chi connectivity index (χ0n) is 25.9. The average Bonchev–Trinajstić information content (AvgIpc) is 3.44. The van der Waals surface area contributed by atoms with E-state index in [1.807, 2.05) is 37.3 Å². The molecule has 242 valence electrons. The number of anilines is 1. The van der Waals surface area contributed by atoms with Crippen LogP contribution in [-0.2, 0) is 14.8 Å². The number of sulfonamides is 1. The van der Waals surface area contributed by atoms with Crippen LogP contribution >= 0.6 is 11.3 Å². The molecule has 4 N–H and O–H groups in total. The molecule has 1 saturated heterocycles. The fraction of sp³-hybridized carbons (Fsp3) is 0.469. The first-order valence-electron chi connectivity index (χ1n) is 15.2. The fourth-order valence-electron chi connectivity index (χ4n) is 5.87. The summed E-state index contributed by atoms with van der Waals surface area (Å²) in [4.78, 5) is 31.8. The van der Waals surface area contributed by atoms with Crippen molar-refractivity contribution >= 4 is 39.2 Å². The summed E-state index contributed by atoms with van der Waals surface area (Å²) in [5.41, 5.74) is 1.06. The van der Waals surface area contributed by atoms with E-state index in [2.05, 4.69) is 20.3 Å². The molecular weight excluding hydrogens is 615 g/mol. The lowest BCUT2D eigenvalue weighted by Gasteiger charge is -2.42.